The molecule has 1 N–H and O–H groups in total. The van der Waals surface area contributed by atoms with Gasteiger partial charge in [-0.05, 0) is 37.6 Å². The van der Waals surface area contributed by atoms with Crippen LogP contribution in [0.15, 0.2) is 23.7 Å². The second kappa shape index (κ2) is 6.45. The molecule has 1 unspecified atom stereocenters. The Morgan fingerprint density at radius 2 is 2.10 bits per heavy atom. The molecule has 3 rings (SSSR count). The van der Waals surface area contributed by atoms with Crippen molar-refractivity contribution in [2.45, 2.75) is 26.3 Å². The molecule has 112 valence electrons. The molecule has 0 aliphatic carbocycles. The number of hydrogen-bond donors (Lipinski definition) is 1. The van der Waals surface area contributed by atoms with Crippen molar-refractivity contribution in [3.63, 3.8) is 0 Å². The number of fused-ring (bicyclic) bond motifs is 1. The third-order valence-electron chi connectivity index (χ3n) is 3.54. The Labute approximate surface area is 129 Å². The van der Waals surface area contributed by atoms with Crippen LogP contribution >= 0.6 is 11.3 Å². The summed E-state index contributed by atoms with van der Waals surface area (Å²) in [6.07, 6.45) is 1.10. The molecule has 0 spiro atoms. The molecule has 0 saturated heterocycles. The zero-order valence-electron chi connectivity index (χ0n) is 12.4. The predicted molar refractivity (Wildman–Crippen MR) is 84.4 cm³/mol. The van der Waals surface area contributed by atoms with Crippen LogP contribution in [0.5, 0.6) is 11.5 Å². The Balaban J connectivity index is 1.94. The van der Waals surface area contributed by atoms with Crippen molar-refractivity contribution in [1.82, 2.24) is 10.3 Å². The largest absolute Gasteiger partial charge is 0.486 e. The summed E-state index contributed by atoms with van der Waals surface area (Å²) in [7, 11) is 0. The molecule has 0 radical (unpaired) electrons. The fourth-order valence-electron chi connectivity index (χ4n) is 2.48. The van der Waals surface area contributed by atoms with Crippen molar-refractivity contribution in [3.05, 3.63) is 39.8 Å². The van der Waals surface area contributed by atoms with Crippen LogP contribution in [0.1, 0.15) is 35.5 Å². The van der Waals surface area contributed by atoms with E-state index in [1.54, 1.807) is 11.3 Å². The molecule has 0 saturated carbocycles. The van der Waals surface area contributed by atoms with Crippen molar-refractivity contribution in [2.75, 3.05) is 19.8 Å². The first-order valence-electron chi connectivity index (χ1n) is 7.32. The third kappa shape index (κ3) is 3.04. The molecule has 2 aromatic rings. The molecule has 4 nitrogen and oxygen atoms in total. The smallest absolute Gasteiger partial charge is 0.161 e. The number of ether oxygens (including phenoxy) is 2. The van der Waals surface area contributed by atoms with E-state index in [9.17, 15) is 0 Å². The summed E-state index contributed by atoms with van der Waals surface area (Å²) in [5.74, 6) is 1.67. The molecule has 1 aromatic heterocycles. The second-order valence-corrected chi connectivity index (χ2v) is 5.98. The van der Waals surface area contributed by atoms with Gasteiger partial charge in [-0.15, -0.1) is 11.3 Å². The summed E-state index contributed by atoms with van der Waals surface area (Å²) in [6.45, 7) is 6.44. The minimum atomic E-state index is 0.160. The first-order chi connectivity index (χ1) is 10.3. The third-order valence-corrected chi connectivity index (χ3v) is 4.54. The van der Waals surface area contributed by atoms with Gasteiger partial charge in [0.15, 0.2) is 11.5 Å². The molecule has 1 aliphatic rings. The fraction of sp³-hybridized carbons (Fsp3) is 0.438. The van der Waals surface area contributed by atoms with Gasteiger partial charge in [-0.25, -0.2) is 4.98 Å². The van der Waals surface area contributed by atoms with Gasteiger partial charge in [0.25, 0.3) is 0 Å². The average Bonchev–Trinajstić information content (AvgIpc) is 2.94. The second-order valence-electron chi connectivity index (χ2n) is 5.09. The number of hydrogen-bond acceptors (Lipinski definition) is 5. The van der Waals surface area contributed by atoms with Gasteiger partial charge >= 0.3 is 0 Å². The summed E-state index contributed by atoms with van der Waals surface area (Å²) < 4.78 is 11.3. The molecular weight excluding hydrogens is 284 g/mol. The van der Waals surface area contributed by atoms with Gasteiger partial charge in [-0.3, -0.25) is 0 Å². The van der Waals surface area contributed by atoms with Gasteiger partial charge < -0.3 is 14.8 Å². The van der Waals surface area contributed by atoms with E-state index in [2.05, 4.69) is 36.3 Å². The topological polar surface area (TPSA) is 43.4 Å². The first-order valence-corrected chi connectivity index (χ1v) is 8.20. The van der Waals surface area contributed by atoms with Gasteiger partial charge in [0, 0.05) is 4.88 Å². The van der Waals surface area contributed by atoms with Crippen molar-refractivity contribution in [2.24, 2.45) is 0 Å². The van der Waals surface area contributed by atoms with Gasteiger partial charge in [0.2, 0.25) is 0 Å². The maximum atomic E-state index is 5.70. The van der Waals surface area contributed by atoms with Crippen LogP contribution in [-0.4, -0.2) is 24.7 Å². The van der Waals surface area contributed by atoms with Crippen LogP contribution in [0.3, 0.4) is 0 Å². The number of thiazole rings is 1. The highest BCUT2D eigenvalue weighted by molar-refractivity contribution is 7.09. The highest BCUT2D eigenvalue weighted by Crippen LogP contribution is 2.35. The maximum Gasteiger partial charge on any atom is 0.161 e. The first kappa shape index (κ1) is 14.4. The molecule has 1 atom stereocenters. The molecule has 0 amide bonds. The number of aromatic nitrogens is 1. The van der Waals surface area contributed by atoms with E-state index in [0.29, 0.717) is 13.2 Å². The number of nitrogens with zero attached hydrogens (tertiary/aromatic N) is 1. The van der Waals surface area contributed by atoms with E-state index in [1.165, 1.54) is 10.4 Å². The maximum absolute atomic E-state index is 5.70. The zero-order chi connectivity index (χ0) is 14.7. The SMILES string of the molecule is CCCNC(c1ccc2c(c1)OCCO2)c1scnc1C. The van der Waals surface area contributed by atoms with Crippen LogP contribution in [0, 0.1) is 6.92 Å². The Hall–Kier alpha value is -1.59. The molecule has 0 fully saturated rings. The minimum Gasteiger partial charge on any atom is -0.486 e. The number of aryl methyl sites for hydroxylation is 1. The predicted octanol–water partition coefficient (Wildman–Crippen LogP) is 3.31. The van der Waals surface area contributed by atoms with Gasteiger partial charge in [0.1, 0.15) is 13.2 Å². The Morgan fingerprint density at radius 1 is 1.29 bits per heavy atom. The summed E-state index contributed by atoms with van der Waals surface area (Å²) in [4.78, 5) is 5.65. The lowest BCUT2D eigenvalue weighted by Gasteiger charge is -2.22. The number of rotatable bonds is 5. The quantitative estimate of drug-likeness (QED) is 0.920. The number of benzene rings is 1. The summed E-state index contributed by atoms with van der Waals surface area (Å²) in [5, 5.41) is 3.61. The molecule has 0 bridgehead atoms. The van der Waals surface area contributed by atoms with E-state index in [0.717, 1.165) is 30.2 Å². The van der Waals surface area contributed by atoms with E-state index in [1.807, 2.05) is 11.6 Å². The van der Waals surface area contributed by atoms with Crippen molar-refractivity contribution in [3.8, 4) is 11.5 Å². The summed E-state index contributed by atoms with van der Waals surface area (Å²) >= 11 is 1.69. The van der Waals surface area contributed by atoms with Gasteiger partial charge in [0.05, 0.1) is 17.2 Å². The highest BCUT2D eigenvalue weighted by Gasteiger charge is 2.20. The summed E-state index contributed by atoms with van der Waals surface area (Å²) in [5.41, 5.74) is 4.19. The zero-order valence-corrected chi connectivity index (χ0v) is 13.2. The lowest BCUT2D eigenvalue weighted by atomic mass is 10.0. The van der Waals surface area contributed by atoms with E-state index in [4.69, 9.17) is 9.47 Å². The van der Waals surface area contributed by atoms with Crippen molar-refractivity contribution in [1.29, 1.82) is 0 Å². The molecule has 1 aliphatic heterocycles. The normalized spacial score (nSPS) is 15.0. The molecule has 5 heteroatoms. The van der Waals surface area contributed by atoms with Crippen LogP contribution in [0.25, 0.3) is 0 Å². The summed E-state index contributed by atoms with van der Waals surface area (Å²) in [6, 6.07) is 6.36. The lowest BCUT2D eigenvalue weighted by molar-refractivity contribution is 0.171. The van der Waals surface area contributed by atoms with Crippen molar-refractivity contribution >= 4 is 11.3 Å². The average molecular weight is 304 g/mol. The molecule has 1 aromatic carbocycles. The molecule has 21 heavy (non-hydrogen) atoms. The standard InChI is InChI=1S/C16H20N2O2S/c1-3-6-17-15(16-11(2)18-10-21-16)12-4-5-13-14(9-12)20-8-7-19-13/h4-5,9-10,15,17H,3,6-8H2,1-2H3. The van der Waals surface area contributed by atoms with E-state index in [-0.39, 0.29) is 6.04 Å². The van der Waals surface area contributed by atoms with Gasteiger partial charge in [-0.2, -0.15) is 0 Å². The van der Waals surface area contributed by atoms with E-state index < -0.39 is 0 Å². The van der Waals surface area contributed by atoms with Gasteiger partial charge in [-0.1, -0.05) is 13.0 Å². The Kier molecular flexibility index (Phi) is 4.41. The minimum absolute atomic E-state index is 0.160. The Morgan fingerprint density at radius 3 is 2.81 bits per heavy atom. The molecular formula is C16H20N2O2S. The monoisotopic (exact) mass is 304 g/mol. The van der Waals surface area contributed by atoms with Crippen LogP contribution in [0.2, 0.25) is 0 Å². The van der Waals surface area contributed by atoms with Crippen LogP contribution < -0.4 is 14.8 Å². The lowest BCUT2D eigenvalue weighted by Crippen LogP contribution is -2.23. The van der Waals surface area contributed by atoms with Crippen molar-refractivity contribution < 1.29 is 9.47 Å². The number of nitrogens with one attached hydrogen (secondary N) is 1. The Bertz CT molecular complexity index is 612. The molecule has 2 heterocycles. The van der Waals surface area contributed by atoms with Crippen LogP contribution in [0.4, 0.5) is 0 Å². The van der Waals surface area contributed by atoms with Crippen LogP contribution in [-0.2, 0) is 0 Å². The fourth-order valence-corrected chi connectivity index (χ4v) is 3.38. The van der Waals surface area contributed by atoms with E-state index >= 15 is 0 Å². The highest BCUT2D eigenvalue weighted by atomic mass is 32.1.